The molecule has 0 aromatic rings. The van der Waals surface area contributed by atoms with Gasteiger partial charge in [-0.3, -0.25) is 4.79 Å². The Hall–Kier alpha value is -0.570. The van der Waals surface area contributed by atoms with Crippen LogP contribution in [-0.2, 0) is 4.79 Å². The molecule has 0 bridgehead atoms. The molecule has 0 aromatic heterocycles. The van der Waals surface area contributed by atoms with Crippen molar-refractivity contribution in [1.29, 1.82) is 0 Å². The minimum absolute atomic E-state index is 0.270. The van der Waals surface area contributed by atoms with Crippen molar-refractivity contribution in [2.24, 2.45) is 11.3 Å². The summed E-state index contributed by atoms with van der Waals surface area (Å²) >= 11 is 0. The van der Waals surface area contributed by atoms with E-state index in [0.717, 1.165) is 0 Å². The summed E-state index contributed by atoms with van der Waals surface area (Å²) in [5.74, 6) is -0.267. The lowest BCUT2D eigenvalue weighted by molar-refractivity contribution is -0.147. The number of aliphatic carboxylic acids is 1. The van der Waals surface area contributed by atoms with E-state index >= 15 is 0 Å². The second kappa shape index (κ2) is 4.61. The van der Waals surface area contributed by atoms with Gasteiger partial charge in [0, 0.05) is 6.04 Å². The molecule has 1 atom stereocenters. The quantitative estimate of drug-likeness (QED) is 0.689. The van der Waals surface area contributed by atoms with E-state index in [0.29, 0.717) is 12.3 Å². The highest BCUT2D eigenvalue weighted by Crippen LogP contribution is 2.25. The SMILES string of the molecule is CNC(CC(C)(C)C(=O)O)C(C)C. The first-order valence-electron chi connectivity index (χ1n) is 4.72. The lowest BCUT2D eigenvalue weighted by Gasteiger charge is -2.28. The Labute approximate surface area is 80.5 Å². The van der Waals surface area contributed by atoms with Gasteiger partial charge >= 0.3 is 5.97 Å². The van der Waals surface area contributed by atoms with E-state index in [2.05, 4.69) is 19.2 Å². The van der Waals surface area contributed by atoms with Gasteiger partial charge in [0.2, 0.25) is 0 Å². The fourth-order valence-corrected chi connectivity index (χ4v) is 1.31. The van der Waals surface area contributed by atoms with E-state index in [1.807, 2.05) is 7.05 Å². The van der Waals surface area contributed by atoms with Gasteiger partial charge in [-0.2, -0.15) is 0 Å². The fraction of sp³-hybridized carbons (Fsp3) is 0.900. The number of carboxylic acid groups (broad SMARTS) is 1. The van der Waals surface area contributed by atoms with Crippen molar-refractivity contribution in [3.8, 4) is 0 Å². The Morgan fingerprint density at radius 3 is 2.15 bits per heavy atom. The second-order valence-corrected chi connectivity index (χ2v) is 4.53. The second-order valence-electron chi connectivity index (χ2n) is 4.53. The molecule has 0 aliphatic carbocycles. The highest BCUT2D eigenvalue weighted by Gasteiger charge is 2.31. The summed E-state index contributed by atoms with van der Waals surface area (Å²) in [5.41, 5.74) is -0.641. The molecule has 0 amide bonds. The van der Waals surface area contributed by atoms with Crippen LogP contribution in [-0.4, -0.2) is 24.2 Å². The Bertz CT molecular complexity index is 176. The van der Waals surface area contributed by atoms with Gasteiger partial charge in [-0.05, 0) is 33.2 Å². The first-order valence-corrected chi connectivity index (χ1v) is 4.72. The molecular formula is C10H21NO2. The third-order valence-corrected chi connectivity index (χ3v) is 2.48. The van der Waals surface area contributed by atoms with Crippen molar-refractivity contribution in [2.45, 2.75) is 40.2 Å². The van der Waals surface area contributed by atoms with Crippen molar-refractivity contribution in [1.82, 2.24) is 5.32 Å². The smallest absolute Gasteiger partial charge is 0.309 e. The summed E-state index contributed by atoms with van der Waals surface area (Å²) in [6.45, 7) is 7.72. The number of hydrogen-bond donors (Lipinski definition) is 2. The van der Waals surface area contributed by atoms with Crippen molar-refractivity contribution >= 4 is 5.97 Å². The minimum atomic E-state index is -0.728. The van der Waals surface area contributed by atoms with E-state index < -0.39 is 11.4 Å². The van der Waals surface area contributed by atoms with Crippen LogP contribution in [0, 0.1) is 11.3 Å². The number of carbonyl (C=O) groups is 1. The largest absolute Gasteiger partial charge is 0.481 e. The summed E-state index contributed by atoms with van der Waals surface area (Å²) in [7, 11) is 1.88. The monoisotopic (exact) mass is 187 g/mol. The van der Waals surface area contributed by atoms with Crippen molar-refractivity contribution < 1.29 is 9.90 Å². The lowest BCUT2D eigenvalue weighted by atomic mass is 9.82. The summed E-state index contributed by atoms with van der Waals surface area (Å²) in [5, 5.41) is 12.1. The Kier molecular flexibility index (Phi) is 4.40. The molecule has 1 unspecified atom stereocenters. The normalized spacial score (nSPS) is 14.6. The standard InChI is InChI=1S/C10H21NO2/c1-7(2)8(11-5)6-10(3,4)9(12)13/h7-8,11H,6H2,1-5H3,(H,12,13). The summed E-state index contributed by atoms with van der Waals surface area (Å²) < 4.78 is 0. The first kappa shape index (κ1) is 12.4. The van der Waals surface area contributed by atoms with Crippen LogP contribution < -0.4 is 5.32 Å². The van der Waals surface area contributed by atoms with E-state index in [4.69, 9.17) is 5.11 Å². The highest BCUT2D eigenvalue weighted by atomic mass is 16.4. The van der Waals surface area contributed by atoms with Crippen molar-refractivity contribution in [3.05, 3.63) is 0 Å². The molecule has 78 valence electrons. The maximum Gasteiger partial charge on any atom is 0.309 e. The average molecular weight is 187 g/mol. The number of nitrogens with one attached hydrogen (secondary N) is 1. The Balaban J connectivity index is 4.30. The van der Waals surface area contributed by atoms with Crippen LogP contribution in [0.15, 0.2) is 0 Å². The fourth-order valence-electron chi connectivity index (χ4n) is 1.31. The van der Waals surface area contributed by atoms with Gasteiger partial charge in [-0.15, -0.1) is 0 Å². The van der Waals surface area contributed by atoms with Gasteiger partial charge in [0.15, 0.2) is 0 Å². The molecule has 0 aliphatic rings. The van der Waals surface area contributed by atoms with Crippen LogP contribution in [0.4, 0.5) is 0 Å². The van der Waals surface area contributed by atoms with E-state index in [9.17, 15) is 4.79 Å². The maximum absolute atomic E-state index is 10.9. The highest BCUT2D eigenvalue weighted by molar-refractivity contribution is 5.73. The zero-order chi connectivity index (χ0) is 10.6. The molecule has 0 saturated heterocycles. The molecule has 3 heteroatoms. The molecule has 13 heavy (non-hydrogen) atoms. The molecule has 2 N–H and O–H groups in total. The van der Waals surface area contributed by atoms with Gasteiger partial charge in [-0.1, -0.05) is 13.8 Å². The predicted octanol–water partition coefficient (Wildman–Crippen LogP) is 1.73. The number of carboxylic acids is 1. The summed E-state index contributed by atoms with van der Waals surface area (Å²) in [4.78, 5) is 10.9. The molecular weight excluding hydrogens is 166 g/mol. The first-order chi connectivity index (χ1) is 5.81. The van der Waals surface area contributed by atoms with E-state index in [1.165, 1.54) is 0 Å². The van der Waals surface area contributed by atoms with Crippen molar-refractivity contribution in [3.63, 3.8) is 0 Å². The zero-order valence-electron chi connectivity index (χ0n) is 9.22. The maximum atomic E-state index is 10.9. The molecule has 0 saturated carbocycles. The molecule has 0 rings (SSSR count). The summed E-state index contributed by atoms with van der Waals surface area (Å²) in [6.07, 6.45) is 0.663. The number of hydrogen-bond acceptors (Lipinski definition) is 2. The van der Waals surface area contributed by atoms with Gasteiger partial charge in [-0.25, -0.2) is 0 Å². The Morgan fingerprint density at radius 2 is 1.92 bits per heavy atom. The van der Waals surface area contributed by atoms with Crippen molar-refractivity contribution in [2.75, 3.05) is 7.05 Å². The van der Waals surface area contributed by atoms with Gasteiger partial charge in [0.1, 0.15) is 0 Å². The summed E-state index contributed by atoms with van der Waals surface area (Å²) in [6, 6.07) is 0.270. The van der Waals surface area contributed by atoms with E-state index in [1.54, 1.807) is 13.8 Å². The van der Waals surface area contributed by atoms with Crippen LogP contribution in [0.3, 0.4) is 0 Å². The third-order valence-electron chi connectivity index (χ3n) is 2.48. The third kappa shape index (κ3) is 3.77. The molecule has 3 nitrogen and oxygen atoms in total. The zero-order valence-corrected chi connectivity index (χ0v) is 9.22. The van der Waals surface area contributed by atoms with Crippen LogP contribution >= 0.6 is 0 Å². The van der Waals surface area contributed by atoms with Crippen LogP contribution in [0.25, 0.3) is 0 Å². The van der Waals surface area contributed by atoms with Gasteiger partial charge in [0.05, 0.1) is 5.41 Å². The lowest BCUT2D eigenvalue weighted by Crippen LogP contribution is -2.38. The van der Waals surface area contributed by atoms with E-state index in [-0.39, 0.29) is 6.04 Å². The molecule has 0 aliphatic heterocycles. The predicted molar refractivity (Wildman–Crippen MR) is 53.7 cm³/mol. The molecule has 0 radical (unpaired) electrons. The van der Waals surface area contributed by atoms with Crippen LogP contribution in [0.5, 0.6) is 0 Å². The van der Waals surface area contributed by atoms with Crippen LogP contribution in [0.1, 0.15) is 34.1 Å². The minimum Gasteiger partial charge on any atom is -0.481 e. The van der Waals surface area contributed by atoms with Gasteiger partial charge in [0.25, 0.3) is 0 Å². The Morgan fingerprint density at radius 1 is 1.46 bits per heavy atom. The van der Waals surface area contributed by atoms with Crippen LogP contribution in [0.2, 0.25) is 0 Å². The topological polar surface area (TPSA) is 49.3 Å². The molecule has 0 aromatic carbocycles. The molecule has 0 heterocycles. The van der Waals surface area contributed by atoms with Gasteiger partial charge < -0.3 is 10.4 Å². The molecule has 0 spiro atoms. The average Bonchev–Trinajstić information content (AvgIpc) is 1.99. The molecule has 0 fully saturated rings. The number of rotatable bonds is 5.